The smallest absolute Gasteiger partial charge is 0.0431 e. The van der Waals surface area contributed by atoms with Crippen molar-refractivity contribution in [3.05, 3.63) is 35.5 Å². The Hall–Kier alpha value is -0.820. The van der Waals surface area contributed by atoms with Crippen LogP contribution in [0, 0.1) is 0 Å². The Labute approximate surface area is 132 Å². The molecule has 0 radical (unpaired) electrons. The summed E-state index contributed by atoms with van der Waals surface area (Å²) in [5, 5.41) is 8.69. The highest BCUT2D eigenvalue weighted by molar-refractivity contribution is 5.11. The quantitative estimate of drug-likeness (QED) is 0.238. The molecule has 0 aliphatic rings. The molecule has 1 heteroatoms. The van der Waals surface area contributed by atoms with Gasteiger partial charge >= 0.3 is 0 Å². The van der Waals surface area contributed by atoms with Crippen LogP contribution in [-0.2, 0) is 0 Å². The standard InChI is InChI=1S/C20H36O/c1-19(2)15-14-17-20(3)16-12-10-8-6-4-5-7-9-11-13-18-21/h10,12,15-16,21H,4-9,11,13-14,17-18H2,1-3H3. The summed E-state index contributed by atoms with van der Waals surface area (Å²) in [5.41, 5.74) is 2.88. The first-order valence-electron chi connectivity index (χ1n) is 8.73. The van der Waals surface area contributed by atoms with Crippen molar-refractivity contribution in [1.29, 1.82) is 0 Å². The van der Waals surface area contributed by atoms with Crippen LogP contribution in [0.3, 0.4) is 0 Å². The molecule has 0 rings (SSSR count). The van der Waals surface area contributed by atoms with Crippen molar-refractivity contribution >= 4 is 0 Å². The van der Waals surface area contributed by atoms with Gasteiger partial charge in [0, 0.05) is 6.61 Å². The highest BCUT2D eigenvalue weighted by Crippen LogP contribution is 2.09. The van der Waals surface area contributed by atoms with E-state index in [1.54, 1.807) is 0 Å². The molecule has 1 nitrogen and oxygen atoms in total. The maximum absolute atomic E-state index is 8.69. The second kappa shape index (κ2) is 15.6. The third-order valence-corrected chi connectivity index (χ3v) is 3.64. The molecule has 122 valence electrons. The fourth-order valence-corrected chi connectivity index (χ4v) is 2.26. The Morgan fingerprint density at radius 1 is 0.810 bits per heavy atom. The third-order valence-electron chi connectivity index (χ3n) is 3.64. The monoisotopic (exact) mass is 292 g/mol. The molecule has 0 amide bonds. The lowest BCUT2D eigenvalue weighted by Crippen LogP contribution is -1.83. The van der Waals surface area contributed by atoms with Gasteiger partial charge < -0.3 is 5.11 Å². The number of hydrogen-bond acceptors (Lipinski definition) is 1. The zero-order chi connectivity index (χ0) is 15.8. The molecule has 0 aliphatic carbocycles. The normalized spacial score (nSPS) is 12.1. The summed E-state index contributed by atoms with van der Waals surface area (Å²) in [7, 11) is 0. The zero-order valence-electron chi connectivity index (χ0n) is 14.5. The average molecular weight is 293 g/mol. The minimum Gasteiger partial charge on any atom is -0.396 e. The van der Waals surface area contributed by atoms with Gasteiger partial charge in [0.05, 0.1) is 0 Å². The maximum atomic E-state index is 8.69. The first-order chi connectivity index (χ1) is 10.2. The van der Waals surface area contributed by atoms with Crippen molar-refractivity contribution in [2.45, 2.75) is 85.0 Å². The summed E-state index contributed by atoms with van der Waals surface area (Å²) in [6.07, 6.45) is 21.4. The van der Waals surface area contributed by atoms with Gasteiger partial charge in [-0.15, -0.1) is 0 Å². The molecule has 0 aromatic carbocycles. The molecule has 0 aliphatic heterocycles. The molecule has 0 heterocycles. The van der Waals surface area contributed by atoms with Gasteiger partial charge in [-0.2, -0.15) is 0 Å². The molecule has 0 saturated heterocycles. The van der Waals surface area contributed by atoms with Crippen LogP contribution in [0.25, 0.3) is 0 Å². The van der Waals surface area contributed by atoms with Crippen molar-refractivity contribution in [3.63, 3.8) is 0 Å². The molecule has 21 heavy (non-hydrogen) atoms. The van der Waals surface area contributed by atoms with Gasteiger partial charge in [0.25, 0.3) is 0 Å². The summed E-state index contributed by atoms with van der Waals surface area (Å²) in [6.45, 7) is 6.89. The number of unbranched alkanes of at least 4 members (excludes halogenated alkanes) is 7. The van der Waals surface area contributed by atoms with Gasteiger partial charge in [-0.1, -0.05) is 67.6 Å². The predicted octanol–water partition coefficient (Wildman–Crippen LogP) is 6.35. The van der Waals surface area contributed by atoms with E-state index in [0.29, 0.717) is 6.61 Å². The van der Waals surface area contributed by atoms with Gasteiger partial charge in [0.1, 0.15) is 0 Å². The minimum absolute atomic E-state index is 0.353. The molecule has 0 aromatic heterocycles. The number of hydrogen-bond donors (Lipinski definition) is 1. The van der Waals surface area contributed by atoms with Crippen LogP contribution in [0.1, 0.15) is 85.0 Å². The molecule has 0 aromatic rings. The van der Waals surface area contributed by atoms with E-state index in [9.17, 15) is 0 Å². The molecule has 0 atom stereocenters. The van der Waals surface area contributed by atoms with Crippen LogP contribution in [0.2, 0.25) is 0 Å². The summed E-state index contributed by atoms with van der Waals surface area (Å²) < 4.78 is 0. The Morgan fingerprint density at radius 3 is 2.05 bits per heavy atom. The fraction of sp³-hybridized carbons (Fsp3) is 0.700. The van der Waals surface area contributed by atoms with Crippen LogP contribution in [-0.4, -0.2) is 11.7 Å². The maximum Gasteiger partial charge on any atom is 0.0431 e. The van der Waals surface area contributed by atoms with Crippen LogP contribution >= 0.6 is 0 Å². The number of aliphatic hydroxyl groups is 1. The first kappa shape index (κ1) is 20.2. The Bertz CT molecular complexity index is 306. The van der Waals surface area contributed by atoms with E-state index in [1.165, 1.54) is 62.5 Å². The number of rotatable bonds is 13. The van der Waals surface area contributed by atoms with Crippen LogP contribution < -0.4 is 0 Å². The summed E-state index contributed by atoms with van der Waals surface area (Å²) in [6, 6.07) is 0. The molecular weight excluding hydrogens is 256 g/mol. The van der Waals surface area contributed by atoms with E-state index in [-0.39, 0.29) is 0 Å². The SMILES string of the molecule is CC(C)=CCCC(C)=CC=CCCCCCCCCCO. The van der Waals surface area contributed by atoms with Crippen molar-refractivity contribution in [2.24, 2.45) is 0 Å². The van der Waals surface area contributed by atoms with Gasteiger partial charge in [-0.05, 0) is 52.9 Å². The van der Waals surface area contributed by atoms with Crippen molar-refractivity contribution < 1.29 is 5.11 Å². The van der Waals surface area contributed by atoms with Gasteiger partial charge in [0.2, 0.25) is 0 Å². The van der Waals surface area contributed by atoms with Crippen molar-refractivity contribution in [2.75, 3.05) is 6.61 Å². The molecule has 1 N–H and O–H groups in total. The van der Waals surface area contributed by atoms with Gasteiger partial charge in [-0.25, -0.2) is 0 Å². The first-order valence-corrected chi connectivity index (χ1v) is 8.73. The lowest BCUT2D eigenvalue weighted by Gasteiger charge is -1.99. The fourth-order valence-electron chi connectivity index (χ4n) is 2.26. The van der Waals surface area contributed by atoms with E-state index in [0.717, 1.165) is 12.8 Å². The van der Waals surface area contributed by atoms with Crippen LogP contribution in [0.5, 0.6) is 0 Å². The highest BCUT2D eigenvalue weighted by Gasteiger charge is 1.90. The Morgan fingerprint density at radius 2 is 1.43 bits per heavy atom. The van der Waals surface area contributed by atoms with Gasteiger partial charge in [-0.3, -0.25) is 0 Å². The van der Waals surface area contributed by atoms with E-state index < -0.39 is 0 Å². The van der Waals surface area contributed by atoms with Crippen molar-refractivity contribution in [3.8, 4) is 0 Å². The molecule has 0 fully saturated rings. The number of allylic oxidation sites excluding steroid dienone is 6. The summed E-state index contributed by atoms with van der Waals surface area (Å²) in [4.78, 5) is 0. The highest BCUT2D eigenvalue weighted by atomic mass is 16.2. The van der Waals surface area contributed by atoms with Crippen LogP contribution in [0.4, 0.5) is 0 Å². The van der Waals surface area contributed by atoms with E-state index in [1.807, 2.05) is 0 Å². The van der Waals surface area contributed by atoms with Crippen molar-refractivity contribution in [1.82, 2.24) is 0 Å². The van der Waals surface area contributed by atoms with Crippen LogP contribution in [0.15, 0.2) is 35.5 Å². The molecular formula is C20H36O. The topological polar surface area (TPSA) is 20.2 Å². The Balaban J connectivity index is 3.44. The largest absolute Gasteiger partial charge is 0.396 e. The molecule has 0 unspecified atom stereocenters. The molecule has 0 spiro atoms. The zero-order valence-corrected chi connectivity index (χ0v) is 14.5. The number of aliphatic hydroxyl groups excluding tert-OH is 1. The Kier molecular flexibility index (Phi) is 15.0. The van der Waals surface area contributed by atoms with E-state index in [4.69, 9.17) is 5.11 Å². The van der Waals surface area contributed by atoms with E-state index >= 15 is 0 Å². The second-order valence-electron chi connectivity index (χ2n) is 6.25. The lowest BCUT2D eigenvalue weighted by molar-refractivity contribution is 0.282. The molecule has 0 saturated carbocycles. The summed E-state index contributed by atoms with van der Waals surface area (Å²) in [5.74, 6) is 0. The molecule has 0 bridgehead atoms. The minimum atomic E-state index is 0.353. The average Bonchev–Trinajstić information content (AvgIpc) is 2.44. The second-order valence-corrected chi connectivity index (χ2v) is 6.25. The lowest BCUT2D eigenvalue weighted by atomic mass is 10.1. The predicted molar refractivity (Wildman–Crippen MR) is 95.6 cm³/mol. The van der Waals surface area contributed by atoms with Gasteiger partial charge in [0.15, 0.2) is 0 Å². The third kappa shape index (κ3) is 17.1. The summed E-state index contributed by atoms with van der Waals surface area (Å²) >= 11 is 0. The van der Waals surface area contributed by atoms with E-state index in [2.05, 4.69) is 45.1 Å².